The van der Waals surface area contributed by atoms with Crippen molar-refractivity contribution in [2.24, 2.45) is 0 Å². The summed E-state index contributed by atoms with van der Waals surface area (Å²) in [6, 6.07) is 22.9. The van der Waals surface area contributed by atoms with Crippen LogP contribution in [0, 0.1) is 0 Å². The van der Waals surface area contributed by atoms with Crippen molar-refractivity contribution in [3.05, 3.63) is 95.7 Å². The Morgan fingerprint density at radius 1 is 1.03 bits per heavy atom. The van der Waals surface area contributed by atoms with E-state index in [1.54, 1.807) is 36.4 Å². The second-order valence-electron chi connectivity index (χ2n) is 9.28. The van der Waals surface area contributed by atoms with Gasteiger partial charge in [0.15, 0.2) is 0 Å². The number of phenolic OH excluding ortho intramolecular Hbond substituents is 1. The van der Waals surface area contributed by atoms with E-state index in [1.807, 2.05) is 43.3 Å². The monoisotopic (exact) mass is 510 g/mol. The molecule has 4 aromatic rings. The number of nitrogens with zero attached hydrogens (tertiary/aromatic N) is 2. The van der Waals surface area contributed by atoms with Gasteiger partial charge in [-0.25, -0.2) is 4.79 Å². The number of benzene rings is 3. The Labute approximate surface area is 221 Å². The minimum absolute atomic E-state index is 0.0126. The van der Waals surface area contributed by atoms with Gasteiger partial charge in [0, 0.05) is 29.3 Å². The molecule has 8 nitrogen and oxygen atoms in total. The third-order valence-electron chi connectivity index (χ3n) is 6.70. The van der Waals surface area contributed by atoms with Gasteiger partial charge >= 0.3 is 6.03 Å². The maximum atomic E-state index is 13.1. The molecule has 8 heteroatoms. The van der Waals surface area contributed by atoms with E-state index in [1.165, 1.54) is 10.7 Å². The van der Waals surface area contributed by atoms with E-state index >= 15 is 0 Å². The Morgan fingerprint density at radius 2 is 1.79 bits per heavy atom. The van der Waals surface area contributed by atoms with E-state index in [0.717, 1.165) is 30.5 Å². The average Bonchev–Trinajstić information content (AvgIpc) is 3.33. The highest BCUT2D eigenvalue weighted by molar-refractivity contribution is 6.04. The molecule has 2 amide bonds. The fourth-order valence-corrected chi connectivity index (χ4v) is 4.42. The Balaban J connectivity index is 1.37. The van der Waals surface area contributed by atoms with Gasteiger partial charge < -0.3 is 20.5 Å². The van der Waals surface area contributed by atoms with E-state index in [0.29, 0.717) is 41.4 Å². The topological polar surface area (TPSA) is 105 Å². The number of aromatic nitrogens is 2. The van der Waals surface area contributed by atoms with Crippen LogP contribution in [-0.4, -0.2) is 33.4 Å². The molecule has 1 aliphatic rings. The summed E-state index contributed by atoms with van der Waals surface area (Å²) >= 11 is 0. The molecule has 1 aromatic heterocycles. The van der Waals surface area contributed by atoms with Crippen molar-refractivity contribution in [3.8, 4) is 22.8 Å². The molecule has 5 rings (SSSR count). The smallest absolute Gasteiger partial charge is 0.342 e. The molecule has 0 bridgehead atoms. The molecule has 194 valence electrons. The molecule has 3 N–H and O–H groups in total. The van der Waals surface area contributed by atoms with Gasteiger partial charge in [0.1, 0.15) is 11.5 Å². The second kappa shape index (κ2) is 11.2. The fraction of sp³-hybridized carbons (Fsp3) is 0.233. The molecule has 0 radical (unpaired) electrons. The van der Waals surface area contributed by atoms with Crippen LogP contribution in [0.2, 0.25) is 0 Å². The van der Waals surface area contributed by atoms with Crippen LogP contribution in [-0.2, 0) is 6.54 Å². The van der Waals surface area contributed by atoms with Gasteiger partial charge in [-0.05, 0) is 73.9 Å². The van der Waals surface area contributed by atoms with Crippen LogP contribution in [0.15, 0.2) is 78.9 Å². The van der Waals surface area contributed by atoms with Crippen molar-refractivity contribution in [1.29, 1.82) is 0 Å². The molecule has 0 unspecified atom stereocenters. The molecule has 1 heterocycles. The maximum Gasteiger partial charge on any atom is 0.342 e. The quantitative estimate of drug-likeness (QED) is 0.255. The van der Waals surface area contributed by atoms with Crippen LogP contribution >= 0.6 is 0 Å². The highest BCUT2D eigenvalue weighted by atomic mass is 16.5. The number of amides is 2. The van der Waals surface area contributed by atoms with E-state index in [-0.39, 0.29) is 23.6 Å². The first-order valence-electron chi connectivity index (χ1n) is 12.8. The number of carbonyl (C=O) groups is 2. The number of anilines is 1. The molecule has 0 spiro atoms. The number of hydrogen-bond donors (Lipinski definition) is 3. The van der Waals surface area contributed by atoms with Crippen LogP contribution in [0.4, 0.5) is 10.5 Å². The van der Waals surface area contributed by atoms with Crippen LogP contribution in [0.1, 0.15) is 53.7 Å². The summed E-state index contributed by atoms with van der Waals surface area (Å²) in [6.45, 7) is 2.84. The van der Waals surface area contributed by atoms with Gasteiger partial charge in [-0.1, -0.05) is 36.8 Å². The highest BCUT2D eigenvalue weighted by Crippen LogP contribution is 2.39. The molecular weight excluding hydrogens is 480 g/mol. The van der Waals surface area contributed by atoms with Crippen molar-refractivity contribution in [1.82, 2.24) is 15.1 Å². The number of carbonyl (C=O) groups excluding carboxylic acids is 2. The van der Waals surface area contributed by atoms with Crippen LogP contribution in [0.5, 0.6) is 11.5 Å². The van der Waals surface area contributed by atoms with Crippen molar-refractivity contribution in [2.75, 3.05) is 11.9 Å². The number of nitrogens with one attached hydrogen (secondary N) is 2. The van der Waals surface area contributed by atoms with Crippen molar-refractivity contribution < 1.29 is 19.4 Å². The van der Waals surface area contributed by atoms with Crippen molar-refractivity contribution >= 4 is 17.6 Å². The Morgan fingerprint density at radius 3 is 2.47 bits per heavy atom. The van der Waals surface area contributed by atoms with E-state index in [4.69, 9.17) is 4.74 Å². The lowest BCUT2D eigenvalue weighted by Crippen LogP contribution is -2.31. The Kier molecular flexibility index (Phi) is 7.40. The van der Waals surface area contributed by atoms with Crippen LogP contribution < -0.4 is 15.4 Å². The summed E-state index contributed by atoms with van der Waals surface area (Å²) in [6.07, 6.45) is 3.08. The molecule has 38 heavy (non-hydrogen) atoms. The summed E-state index contributed by atoms with van der Waals surface area (Å²) < 4.78 is 6.84. The van der Waals surface area contributed by atoms with Gasteiger partial charge in [0.05, 0.1) is 18.0 Å². The summed E-state index contributed by atoms with van der Waals surface area (Å²) in [7, 11) is 0. The second-order valence-corrected chi connectivity index (χ2v) is 9.28. The largest absolute Gasteiger partial charge is 0.507 e. The normalized spacial score (nSPS) is 13.0. The van der Waals surface area contributed by atoms with E-state index in [2.05, 4.69) is 15.7 Å². The number of hydrogen-bond acceptors (Lipinski definition) is 5. The number of ether oxygens (including phenoxy) is 1. The SMILES string of the molecule is CCOc1ccc(C(=O)Nc2ccc(O)c(-c3cc(C4CCC4)n(C(=O)NCc4ccccc4)n3)c2)cc1. The lowest BCUT2D eigenvalue weighted by molar-refractivity contribution is 0.102. The van der Waals surface area contributed by atoms with Crippen LogP contribution in [0.3, 0.4) is 0 Å². The van der Waals surface area contributed by atoms with E-state index in [9.17, 15) is 14.7 Å². The zero-order chi connectivity index (χ0) is 26.5. The molecular formula is C30H30N4O4. The number of phenols is 1. The number of aromatic hydroxyl groups is 1. The Bertz CT molecular complexity index is 1430. The highest BCUT2D eigenvalue weighted by Gasteiger charge is 2.27. The van der Waals surface area contributed by atoms with Gasteiger partial charge in [-0.2, -0.15) is 9.78 Å². The van der Waals surface area contributed by atoms with Gasteiger partial charge in [0.25, 0.3) is 5.91 Å². The molecule has 0 aliphatic heterocycles. The predicted molar refractivity (Wildman–Crippen MR) is 146 cm³/mol. The average molecular weight is 511 g/mol. The molecule has 3 aromatic carbocycles. The summed E-state index contributed by atoms with van der Waals surface area (Å²) in [4.78, 5) is 25.9. The molecule has 1 aliphatic carbocycles. The first kappa shape index (κ1) is 25.1. The third-order valence-corrected chi connectivity index (χ3v) is 6.70. The maximum absolute atomic E-state index is 13.1. The summed E-state index contributed by atoms with van der Waals surface area (Å²) in [5.41, 5.74) is 3.70. The predicted octanol–water partition coefficient (Wildman–Crippen LogP) is 5.93. The first-order chi connectivity index (χ1) is 18.5. The minimum Gasteiger partial charge on any atom is -0.507 e. The standard InChI is InChI=1S/C30H30N4O4/c1-2-38-24-14-11-22(12-15-24)29(36)32-23-13-16-28(35)25(17-23)26-18-27(21-9-6-10-21)34(33-26)30(37)31-19-20-7-4-3-5-8-20/h3-5,7-8,11-18,21,35H,2,6,9-10,19H2,1H3,(H,31,37)(H,32,36). The first-order valence-corrected chi connectivity index (χ1v) is 12.8. The third kappa shape index (κ3) is 5.54. The van der Waals surface area contributed by atoms with E-state index < -0.39 is 0 Å². The lowest BCUT2D eigenvalue weighted by atomic mass is 9.82. The van der Waals surface area contributed by atoms with Gasteiger partial charge in [-0.15, -0.1) is 0 Å². The number of rotatable bonds is 8. The summed E-state index contributed by atoms with van der Waals surface area (Å²) in [5, 5.41) is 21.0. The zero-order valence-electron chi connectivity index (χ0n) is 21.2. The minimum atomic E-state index is -0.318. The van der Waals surface area contributed by atoms with Crippen molar-refractivity contribution in [3.63, 3.8) is 0 Å². The fourth-order valence-electron chi connectivity index (χ4n) is 4.42. The van der Waals surface area contributed by atoms with Crippen LogP contribution in [0.25, 0.3) is 11.3 Å². The van der Waals surface area contributed by atoms with Gasteiger partial charge in [-0.3, -0.25) is 4.79 Å². The molecule has 0 atom stereocenters. The lowest BCUT2D eigenvalue weighted by Gasteiger charge is -2.25. The molecule has 0 saturated heterocycles. The van der Waals surface area contributed by atoms with Crippen molar-refractivity contribution in [2.45, 2.75) is 38.6 Å². The zero-order valence-corrected chi connectivity index (χ0v) is 21.2. The summed E-state index contributed by atoms with van der Waals surface area (Å²) in [5.74, 6) is 0.661. The molecule has 1 saturated carbocycles. The molecule has 1 fully saturated rings. The van der Waals surface area contributed by atoms with Gasteiger partial charge in [0.2, 0.25) is 0 Å². The Hall–Kier alpha value is -4.59.